The maximum atomic E-state index is 9.72. The first-order chi connectivity index (χ1) is 8.56. The van der Waals surface area contributed by atoms with E-state index in [1.54, 1.807) is 12.1 Å². The zero-order chi connectivity index (χ0) is 13.1. The Kier molecular flexibility index (Phi) is 4.45. The summed E-state index contributed by atoms with van der Waals surface area (Å²) in [4.78, 5) is 4.31. The van der Waals surface area contributed by atoms with Gasteiger partial charge in [-0.3, -0.25) is 4.98 Å². The summed E-state index contributed by atoms with van der Waals surface area (Å²) >= 11 is 5.71. The van der Waals surface area contributed by atoms with Crippen LogP contribution in [0.15, 0.2) is 34.8 Å². The molecule has 0 unspecified atom stereocenters. The summed E-state index contributed by atoms with van der Waals surface area (Å²) in [5.41, 5.74) is 2.58. The minimum atomic E-state index is 0.220. The molecule has 3 nitrogen and oxygen atoms in total. The standard InChI is InChI=1S/C13H12BrIN2O/c1-8-2-5-13(18)12(17-8)7-16-11-6-9(14)3-4-10(11)15/h2-6,16,18H,7H2,1H3. The fourth-order valence-electron chi connectivity index (χ4n) is 1.55. The Labute approximate surface area is 128 Å². The van der Waals surface area contributed by atoms with Gasteiger partial charge >= 0.3 is 0 Å². The highest BCUT2D eigenvalue weighted by Crippen LogP contribution is 2.24. The van der Waals surface area contributed by atoms with Crippen LogP contribution >= 0.6 is 38.5 Å². The van der Waals surface area contributed by atoms with Gasteiger partial charge in [0, 0.05) is 19.4 Å². The smallest absolute Gasteiger partial charge is 0.138 e. The zero-order valence-corrected chi connectivity index (χ0v) is 13.5. The van der Waals surface area contributed by atoms with Crippen molar-refractivity contribution in [3.63, 3.8) is 0 Å². The molecule has 0 saturated carbocycles. The highest BCUT2D eigenvalue weighted by atomic mass is 127. The van der Waals surface area contributed by atoms with Crippen molar-refractivity contribution in [1.29, 1.82) is 0 Å². The van der Waals surface area contributed by atoms with Crippen LogP contribution in [0.2, 0.25) is 0 Å². The van der Waals surface area contributed by atoms with Crippen molar-refractivity contribution >= 4 is 44.2 Å². The quantitative estimate of drug-likeness (QED) is 0.738. The average Bonchev–Trinajstić information content (AvgIpc) is 2.34. The number of nitrogens with zero attached hydrogens (tertiary/aromatic N) is 1. The summed E-state index contributed by atoms with van der Waals surface area (Å²) in [6.45, 7) is 2.41. The normalized spacial score (nSPS) is 10.4. The van der Waals surface area contributed by atoms with E-state index in [9.17, 15) is 5.11 Å². The summed E-state index contributed by atoms with van der Waals surface area (Å²) in [5, 5.41) is 13.0. The molecule has 0 bridgehead atoms. The molecule has 18 heavy (non-hydrogen) atoms. The predicted octanol–water partition coefficient (Wildman–Crippen LogP) is 4.07. The Bertz CT molecular complexity index is 523. The summed E-state index contributed by atoms with van der Waals surface area (Å²) in [6, 6.07) is 9.49. The topological polar surface area (TPSA) is 45.1 Å². The molecule has 0 spiro atoms. The van der Waals surface area contributed by atoms with Crippen molar-refractivity contribution in [3.8, 4) is 5.75 Å². The van der Waals surface area contributed by atoms with E-state index in [-0.39, 0.29) is 5.75 Å². The van der Waals surface area contributed by atoms with Gasteiger partial charge in [-0.2, -0.15) is 0 Å². The SMILES string of the molecule is Cc1ccc(O)c(CNc2cc(Br)ccc2I)n1. The number of rotatable bonds is 3. The molecule has 0 amide bonds. The molecule has 2 rings (SSSR count). The summed E-state index contributed by atoms with van der Waals surface area (Å²) in [6.07, 6.45) is 0. The lowest BCUT2D eigenvalue weighted by molar-refractivity contribution is 0.464. The van der Waals surface area contributed by atoms with E-state index < -0.39 is 0 Å². The van der Waals surface area contributed by atoms with Gasteiger partial charge < -0.3 is 10.4 Å². The average molecular weight is 419 g/mol. The lowest BCUT2D eigenvalue weighted by atomic mass is 10.2. The van der Waals surface area contributed by atoms with Crippen molar-refractivity contribution < 1.29 is 5.11 Å². The number of nitrogens with one attached hydrogen (secondary N) is 1. The third-order valence-electron chi connectivity index (χ3n) is 2.46. The molecule has 0 radical (unpaired) electrons. The molecule has 1 aromatic heterocycles. The number of hydrogen-bond donors (Lipinski definition) is 2. The highest BCUT2D eigenvalue weighted by molar-refractivity contribution is 14.1. The Balaban J connectivity index is 2.16. The molecule has 0 atom stereocenters. The van der Waals surface area contributed by atoms with Gasteiger partial charge in [0.25, 0.3) is 0 Å². The van der Waals surface area contributed by atoms with E-state index in [1.165, 1.54) is 0 Å². The molecule has 0 saturated heterocycles. The van der Waals surface area contributed by atoms with E-state index in [0.717, 1.165) is 19.4 Å². The number of halogens is 2. The van der Waals surface area contributed by atoms with Crippen LogP contribution in [0, 0.1) is 10.5 Å². The zero-order valence-electron chi connectivity index (χ0n) is 9.74. The second kappa shape index (κ2) is 5.88. The van der Waals surface area contributed by atoms with E-state index in [1.807, 2.05) is 25.1 Å². The number of aryl methyl sites for hydroxylation is 1. The Morgan fingerprint density at radius 1 is 1.33 bits per heavy atom. The Hall–Kier alpha value is -0.820. The van der Waals surface area contributed by atoms with Gasteiger partial charge in [-0.15, -0.1) is 0 Å². The fourth-order valence-corrected chi connectivity index (χ4v) is 2.43. The molecular weight excluding hydrogens is 407 g/mol. The van der Waals surface area contributed by atoms with Crippen LogP contribution in [0.3, 0.4) is 0 Å². The fraction of sp³-hybridized carbons (Fsp3) is 0.154. The largest absolute Gasteiger partial charge is 0.506 e. The van der Waals surface area contributed by atoms with Gasteiger partial charge in [0.1, 0.15) is 11.4 Å². The minimum Gasteiger partial charge on any atom is -0.506 e. The number of aromatic hydroxyl groups is 1. The summed E-state index contributed by atoms with van der Waals surface area (Å²) in [5.74, 6) is 0.220. The van der Waals surface area contributed by atoms with Crippen molar-refractivity contribution in [2.75, 3.05) is 5.32 Å². The summed E-state index contributed by atoms with van der Waals surface area (Å²) in [7, 11) is 0. The first kappa shape index (κ1) is 13.6. The molecule has 0 fully saturated rings. The molecule has 5 heteroatoms. The van der Waals surface area contributed by atoms with Crippen molar-refractivity contribution in [2.24, 2.45) is 0 Å². The minimum absolute atomic E-state index is 0.220. The number of benzene rings is 1. The van der Waals surface area contributed by atoms with Gasteiger partial charge in [-0.05, 0) is 59.8 Å². The van der Waals surface area contributed by atoms with E-state index in [4.69, 9.17) is 0 Å². The lowest BCUT2D eigenvalue weighted by Crippen LogP contribution is -2.04. The second-order valence-corrected chi connectivity index (χ2v) is 5.97. The van der Waals surface area contributed by atoms with Crippen LogP contribution in [-0.4, -0.2) is 10.1 Å². The molecule has 94 valence electrons. The van der Waals surface area contributed by atoms with E-state index in [2.05, 4.69) is 48.8 Å². The van der Waals surface area contributed by atoms with Gasteiger partial charge in [-0.1, -0.05) is 15.9 Å². The second-order valence-electron chi connectivity index (χ2n) is 3.90. The van der Waals surface area contributed by atoms with Gasteiger partial charge in [0.2, 0.25) is 0 Å². The van der Waals surface area contributed by atoms with Gasteiger partial charge in [0.05, 0.1) is 6.54 Å². The number of hydrogen-bond acceptors (Lipinski definition) is 3. The highest BCUT2D eigenvalue weighted by Gasteiger charge is 2.05. The Morgan fingerprint density at radius 2 is 2.11 bits per heavy atom. The maximum Gasteiger partial charge on any atom is 0.138 e. The molecule has 2 N–H and O–H groups in total. The molecule has 1 aromatic carbocycles. The van der Waals surface area contributed by atoms with Crippen LogP contribution in [0.1, 0.15) is 11.4 Å². The van der Waals surface area contributed by atoms with E-state index in [0.29, 0.717) is 12.2 Å². The van der Waals surface area contributed by atoms with Crippen LogP contribution in [0.4, 0.5) is 5.69 Å². The van der Waals surface area contributed by atoms with Crippen LogP contribution in [0.5, 0.6) is 5.75 Å². The summed E-state index contributed by atoms with van der Waals surface area (Å²) < 4.78 is 2.15. The van der Waals surface area contributed by atoms with Crippen molar-refractivity contribution in [3.05, 3.63) is 49.8 Å². The van der Waals surface area contributed by atoms with Crippen LogP contribution < -0.4 is 5.32 Å². The first-order valence-electron chi connectivity index (χ1n) is 5.40. The molecule has 1 heterocycles. The first-order valence-corrected chi connectivity index (χ1v) is 7.28. The third-order valence-corrected chi connectivity index (χ3v) is 3.90. The van der Waals surface area contributed by atoms with Crippen LogP contribution in [-0.2, 0) is 6.54 Å². The van der Waals surface area contributed by atoms with E-state index >= 15 is 0 Å². The lowest BCUT2D eigenvalue weighted by Gasteiger charge is -2.10. The number of anilines is 1. The predicted molar refractivity (Wildman–Crippen MR) is 84.8 cm³/mol. The monoisotopic (exact) mass is 418 g/mol. The molecule has 0 aliphatic rings. The van der Waals surface area contributed by atoms with Crippen molar-refractivity contribution in [1.82, 2.24) is 4.98 Å². The maximum absolute atomic E-state index is 9.72. The third kappa shape index (κ3) is 3.35. The van der Waals surface area contributed by atoms with Gasteiger partial charge in [-0.25, -0.2) is 0 Å². The van der Waals surface area contributed by atoms with Crippen molar-refractivity contribution in [2.45, 2.75) is 13.5 Å². The molecule has 0 aliphatic carbocycles. The molecule has 0 aliphatic heterocycles. The number of pyridine rings is 1. The Morgan fingerprint density at radius 3 is 2.89 bits per heavy atom. The van der Waals surface area contributed by atoms with Crippen LogP contribution in [0.25, 0.3) is 0 Å². The van der Waals surface area contributed by atoms with Gasteiger partial charge in [0.15, 0.2) is 0 Å². The number of aromatic nitrogens is 1. The molecular formula is C13H12BrIN2O. The molecule has 2 aromatic rings.